The summed E-state index contributed by atoms with van der Waals surface area (Å²) < 4.78 is 16.8. The van der Waals surface area contributed by atoms with Crippen molar-refractivity contribution in [2.75, 3.05) is 13.2 Å². The van der Waals surface area contributed by atoms with Crippen molar-refractivity contribution in [1.82, 2.24) is 0 Å². The van der Waals surface area contributed by atoms with Crippen LogP contribution in [0.3, 0.4) is 0 Å². The second-order valence-electron chi connectivity index (χ2n) is 18.9. The monoisotopic (exact) mass is 875 g/mol. The third kappa shape index (κ3) is 49.2. The van der Waals surface area contributed by atoms with Gasteiger partial charge < -0.3 is 14.2 Å². The van der Waals surface area contributed by atoms with Gasteiger partial charge in [0.05, 0.1) is 0 Å². The second-order valence-corrected chi connectivity index (χ2v) is 18.9. The minimum Gasteiger partial charge on any atom is -0.462 e. The normalized spacial score (nSPS) is 12.0. The standard InChI is InChI=1S/C56H106O6/c1-4-7-10-13-16-18-20-22-24-25-26-27-28-29-30-31-32-34-35-37-40-43-46-49-55(58)61-52-53(51-60-54(57)48-45-42-39-15-12-9-6-3)62-56(59)50-47-44-41-38-36-33-23-21-19-17-14-11-8-5-2/h25-26,53H,4-24,27-52H2,1-3H3/b26-25-. The number of carbonyl (C=O) groups is 3. The van der Waals surface area contributed by atoms with Crippen molar-refractivity contribution in [2.24, 2.45) is 0 Å². The largest absolute Gasteiger partial charge is 0.462 e. The molecule has 0 radical (unpaired) electrons. The lowest BCUT2D eigenvalue weighted by atomic mass is 10.0. The zero-order valence-corrected chi connectivity index (χ0v) is 41.9. The lowest BCUT2D eigenvalue weighted by Crippen LogP contribution is -2.30. The Hall–Kier alpha value is -1.85. The van der Waals surface area contributed by atoms with Gasteiger partial charge in [-0.25, -0.2) is 0 Å². The molecule has 6 heteroatoms. The molecular weight excluding hydrogens is 769 g/mol. The molecule has 366 valence electrons. The molecule has 0 fully saturated rings. The molecule has 0 aromatic rings. The van der Waals surface area contributed by atoms with Gasteiger partial charge in [-0.05, 0) is 44.9 Å². The maximum atomic E-state index is 12.8. The fourth-order valence-electron chi connectivity index (χ4n) is 8.32. The van der Waals surface area contributed by atoms with Gasteiger partial charge in [-0.1, -0.05) is 258 Å². The Kier molecular flexibility index (Phi) is 50.2. The molecule has 0 N–H and O–H groups in total. The first kappa shape index (κ1) is 60.2. The Balaban J connectivity index is 4.11. The van der Waals surface area contributed by atoms with Crippen LogP contribution in [0, 0.1) is 0 Å². The predicted molar refractivity (Wildman–Crippen MR) is 266 cm³/mol. The van der Waals surface area contributed by atoms with Gasteiger partial charge in [-0.3, -0.25) is 14.4 Å². The molecule has 0 aliphatic carbocycles. The topological polar surface area (TPSA) is 78.9 Å². The van der Waals surface area contributed by atoms with Crippen LogP contribution in [0.25, 0.3) is 0 Å². The van der Waals surface area contributed by atoms with Crippen LogP contribution in [0.1, 0.15) is 310 Å². The highest BCUT2D eigenvalue weighted by atomic mass is 16.6. The highest BCUT2D eigenvalue weighted by Gasteiger charge is 2.19. The first-order chi connectivity index (χ1) is 30.5. The Morgan fingerprint density at radius 3 is 0.806 bits per heavy atom. The number of rotatable bonds is 51. The fourth-order valence-corrected chi connectivity index (χ4v) is 8.32. The first-order valence-electron chi connectivity index (χ1n) is 27.7. The maximum absolute atomic E-state index is 12.8. The summed E-state index contributed by atoms with van der Waals surface area (Å²) >= 11 is 0. The molecule has 0 heterocycles. The summed E-state index contributed by atoms with van der Waals surface area (Å²) in [6, 6.07) is 0. The molecule has 0 aromatic heterocycles. The smallest absolute Gasteiger partial charge is 0.306 e. The predicted octanol–water partition coefficient (Wildman–Crippen LogP) is 18.2. The molecular formula is C56H106O6. The number of esters is 3. The average Bonchev–Trinajstić information content (AvgIpc) is 3.27. The Morgan fingerprint density at radius 2 is 0.532 bits per heavy atom. The molecule has 0 saturated carbocycles. The molecule has 6 nitrogen and oxygen atoms in total. The molecule has 1 unspecified atom stereocenters. The van der Waals surface area contributed by atoms with Crippen molar-refractivity contribution in [1.29, 1.82) is 0 Å². The lowest BCUT2D eigenvalue weighted by molar-refractivity contribution is -0.167. The molecule has 1 atom stereocenters. The van der Waals surface area contributed by atoms with Gasteiger partial charge in [-0.15, -0.1) is 0 Å². The molecule has 62 heavy (non-hydrogen) atoms. The maximum Gasteiger partial charge on any atom is 0.306 e. The molecule has 0 rings (SSSR count). The van der Waals surface area contributed by atoms with E-state index in [1.54, 1.807) is 0 Å². The van der Waals surface area contributed by atoms with Crippen molar-refractivity contribution in [3.05, 3.63) is 12.2 Å². The fraction of sp³-hybridized carbons (Fsp3) is 0.911. The van der Waals surface area contributed by atoms with E-state index in [-0.39, 0.29) is 31.1 Å². The second kappa shape index (κ2) is 51.8. The summed E-state index contributed by atoms with van der Waals surface area (Å²) in [6.45, 7) is 6.64. The summed E-state index contributed by atoms with van der Waals surface area (Å²) in [5, 5.41) is 0. The number of hydrogen-bond acceptors (Lipinski definition) is 6. The zero-order chi connectivity index (χ0) is 45.1. The van der Waals surface area contributed by atoms with Gasteiger partial charge in [-0.2, -0.15) is 0 Å². The number of unbranched alkanes of at least 4 members (excludes halogenated alkanes) is 38. The summed E-state index contributed by atoms with van der Waals surface area (Å²) in [6.07, 6.45) is 58.0. The van der Waals surface area contributed by atoms with Crippen molar-refractivity contribution in [3.63, 3.8) is 0 Å². The van der Waals surface area contributed by atoms with E-state index in [9.17, 15) is 14.4 Å². The zero-order valence-electron chi connectivity index (χ0n) is 41.9. The van der Waals surface area contributed by atoms with E-state index in [1.165, 1.54) is 212 Å². The van der Waals surface area contributed by atoms with Crippen LogP contribution in [0.2, 0.25) is 0 Å². The third-order valence-corrected chi connectivity index (χ3v) is 12.5. The summed E-state index contributed by atoms with van der Waals surface area (Å²) in [5.74, 6) is -0.854. The quantitative estimate of drug-likeness (QED) is 0.0262. The van der Waals surface area contributed by atoms with E-state index in [0.717, 1.165) is 57.8 Å². The highest BCUT2D eigenvalue weighted by Crippen LogP contribution is 2.17. The van der Waals surface area contributed by atoms with Crippen molar-refractivity contribution >= 4 is 17.9 Å². The number of ether oxygens (including phenoxy) is 3. The average molecular weight is 875 g/mol. The third-order valence-electron chi connectivity index (χ3n) is 12.5. The van der Waals surface area contributed by atoms with Gasteiger partial charge in [0.25, 0.3) is 0 Å². The number of allylic oxidation sites excluding steroid dienone is 2. The Morgan fingerprint density at radius 1 is 0.306 bits per heavy atom. The summed E-state index contributed by atoms with van der Waals surface area (Å²) in [5.41, 5.74) is 0. The van der Waals surface area contributed by atoms with E-state index in [2.05, 4.69) is 32.9 Å². The van der Waals surface area contributed by atoms with Gasteiger partial charge >= 0.3 is 17.9 Å². The van der Waals surface area contributed by atoms with Crippen LogP contribution in [-0.2, 0) is 28.6 Å². The van der Waals surface area contributed by atoms with Crippen LogP contribution >= 0.6 is 0 Å². The van der Waals surface area contributed by atoms with E-state index in [0.29, 0.717) is 19.3 Å². The highest BCUT2D eigenvalue weighted by molar-refractivity contribution is 5.71. The molecule has 0 saturated heterocycles. The number of hydrogen-bond donors (Lipinski definition) is 0. The molecule has 0 aliphatic rings. The van der Waals surface area contributed by atoms with Gasteiger partial charge in [0.1, 0.15) is 13.2 Å². The van der Waals surface area contributed by atoms with E-state index in [4.69, 9.17) is 14.2 Å². The molecule has 0 spiro atoms. The molecule has 0 aliphatic heterocycles. The van der Waals surface area contributed by atoms with Crippen molar-refractivity contribution in [2.45, 2.75) is 316 Å². The van der Waals surface area contributed by atoms with Crippen LogP contribution in [0.4, 0.5) is 0 Å². The van der Waals surface area contributed by atoms with E-state index in [1.807, 2.05) is 0 Å². The van der Waals surface area contributed by atoms with Gasteiger partial charge in [0.2, 0.25) is 0 Å². The Bertz CT molecular complexity index is 962. The SMILES string of the molecule is CCCCCCCCCC/C=C\CCCCCCCCCCCCCC(=O)OCC(COC(=O)CCCCCCCCC)OC(=O)CCCCCCCCCCCCCCCC. The lowest BCUT2D eigenvalue weighted by Gasteiger charge is -2.18. The Labute approximate surface area is 386 Å². The van der Waals surface area contributed by atoms with E-state index >= 15 is 0 Å². The molecule has 0 bridgehead atoms. The minimum absolute atomic E-state index is 0.0654. The van der Waals surface area contributed by atoms with Crippen molar-refractivity contribution in [3.8, 4) is 0 Å². The molecule has 0 amide bonds. The summed E-state index contributed by atoms with van der Waals surface area (Å²) in [7, 11) is 0. The van der Waals surface area contributed by atoms with E-state index < -0.39 is 6.10 Å². The minimum atomic E-state index is -0.762. The number of carbonyl (C=O) groups excluding carboxylic acids is 3. The van der Waals surface area contributed by atoms with Crippen molar-refractivity contribution < 1.29 is 28.6 Å². The van der Waals surface area contributed by atoms with Gasteiger partial charge in [0.15, 0.2) is 6.10 Å². The van der Waals surface area contributed by atoms with Crippen LogP contribution in [0.15, 0.2) is 12.2 Å². The van der Waals surface area contributed by atoms with Crippen LogP contribution in [-0.4, -0.2) is 37.2 Å². The van der Waals surface area contributed by atoms with Crippen LogP contribution < -0.4 is 0 Å². The first-order valence-corrected chi connectivity index (χ1v) is 27.7. The summed E-state index contributed by atoms with van der Waals surface area (Å²) in [4.78, 5) is 37.8. The van der Waals surface area contributed by atoms with Gasteiger partial charge in [0, 0.05) is 19.3 Å². The molecule has 0 aromatic carbocycles. The van der Waals surface area contributed by atoms with Crippen LogP contribution in [0.5, 0.6) is 0 Å².